The summed E-state index contributed by atoms with van der Waals surface area (Å²) >= 11 is 7.27. The summed E-state index contributed by atoms with van der Waals surface area (Å²) < 4.78 is 0.810. The van der Waals surface area contributed by atoms with Crippen LogP contribution in [0.5, 0.6) is 0 Å². The molecule has 5 heteroatoms. The maximum atomic E-state index is 12.1. The molecule has 0 aliphatic carbocycles. The zero-order chi connectivity index (χ0) is 15.5. The molecule has 0 fully saturated rings. The monoisotopic (exact) mass is 324 g/mol. The minimum Gasteiger partial charge on any atom is -0.267 e. The Morgan fingerprint density at radius 2 is 2.05 bits per heavy atom. The highest BCUT2D eigenvalue weighted by Gasteiger charge is 2.09. The molecular weight excluding hydrogens is 316 g/mol. The minimum absolute atomic E-state index is 0.323. The number of fused-ring (bicyclic) bond motifs is 1. The molecule has 22 heavy (non-hydrogen) atoms. The Morgan fingerprint density at radius 3 is 2.82 bits per heavy atom. The predicted octanol–water partition coefficient (Wildman–Crippen LogP) is 4.37. The fourth-order valence-corrected chi connectivity index (χ4v) is 3.19. The van der Waals surface area contributed by atoms with Gasteiger partial charge in [-0.1, -0.05) is 35.9 Å². The van der Waals surface area contributed by atoms with Crippen molar-refractivity contribution >= 4 is 44.7 Å². The summed E-state index contributed by atoms with van der Waals surface area (Å²) in [5.41, 5.74) is 0.811. The van der Waals surface area contributed by atoms with E-state index < -0.39 is 0 Å². The van der Waals surface area contributed by atoms with E-state index in [9.17, 15) is 10.1 Å². The first kappa shape index (κ1) is 14.5. The molecule has 1 heterocycles. The Kier molecular flexibility index (Phi) is 4.01. The topological polar surface area (TPSA) is 53.8 Å². The quantitative estimate of drug-likeness (QED) is 0.657. The molecule has 0 aliphatic rings. The number of nitriles is 1. The molecule has 106 valence electrons. The maximum Gasteiger partial charge on any atom is 0.279 e. The number of hydrogen-bond acceptors (Lipinski definition) is 4. The van der Waals surface area contributed by atoms with Gasteiger partial charge in [-0.25, -0.2) is 0 Å². The van der Waals surface area contributed by atoms with Crippen LogP contribution in [-0.4, -0.2) is 4.98 Å². The van der Waals surface area contributed by atoms with Gasteiger partial charge < -0.3 is 0 Å². The zero-order valence-corrected chi connectivity index (χ0v) is 12.9. The molecule has 0 unspecified atom stereocenters. The molecule has 2 aromatic carbocycles. The Bertz CT molecular complexity index is 986. The van der Waals surface area contributed by atoms with E-state index in [2.05, 4.69) is 11.1 Å². The molecule has 0 atom stereocenters. The highest BCUT2D eigenvalue weighted by atomic mass is 35.5. The summed E-state index contributed by atoms with van der Waals surface area (Å²) in [6.07, 6.45) is 1.68. The van der Waals surface area contributed by atoms with E-state index in [1.807, 2.05) is 18.2 Å². The van der Waals surface area contributed by atoms with Crippen molar-refractivity contribution in [3.63, 3.8) is 0 Å². The van der Waals surface area contributed by atoms with Gasteiger partial charge >= 0.3 is 0 Å². The van der Waals surface area contributed by atoms with Gasteiger partial charge in [-0.15, -0.1) is 11.3 Å². The van der Waals surface area contributed by atoms with Crippen molar-refractivity contribution < 1.29 is 0 Å². The Hall–Kier alpha value is -2.48. The van der Waals surface area contributed by atoms with Crippen molar-refractivity contribution in [3.05, 3.63) is 74.5 Å². The summed E-state index contributed by atoms with van der Waals surface area (Å²) in [5.74, 6) is 0. The standard InChI is InChI=1S/C17H9ClN2OS/c18-13-5-3-4-11(9-13)8-12(10-19)17-20-16(21)14-6-1-2-7-15(14)22-17/h1-9H/b12-8+. The van der Waals surface area contributed by atoms with E-state index in [1.165, 1.54) is 11.3 Å². The van der Waals surface area contributed by atoms with E-state index in [-0.39, 0.29) is 5.56 Å². The molecule has 0 N–H and O–H groups in total. The lowest BCUT2D eigenvalue weighted by Gasteiger charge is -2.01. The van der Waals surface area contributed by atoms with Gasteiger partial charge in [-0.2, -0.15) is 10.2 Å². The molecule has 0 saturated carbocycles. The summed E-state index contributed by atoms with van der Waals surface area (Å²) in [5, 5.41) is 10.9. The first-order valence-electron chi connectivity index (χ1n) is 6.45. The van der Waals surface area contributed by atoms with Crippen LogP contribution in [0.2, 0.25) is 5.02 Å². The minimum atomic E-state index is -0.323. The van der Waals surface area contributed by atoms with Crippen LogP contribution in [0.4, 0.5) is 0 Å². The molecule has 0 aliphatic heterocycles. The van der Waals surface area contributed by atoms with Crippen LogP contribution >= 0.6 is 22.9 Å². The smallest absolute Gasteiger partial charge is 0.267 e. The van der Waals surface area contributed by atoms with Gasteiger partial charge in [0.05, 0.1) is 11.0 Å². The van der Waals surface area contributed by atoms with Crippen LogP contribution in [-0.2, 0) is 0 Å². The number of halogens is 1. The third kappa shape index (κ3) is 2.91. The summed E-state index contributed by atoms with van der Waals surface area (Å²) in [7, 11) is 0. The normalized spacial score (nSPS) is 11.4. The number of allylic oxidation sites excluding steroid dienone is 1. The summed E-state index contributed by atoms with van der Waals surface area (Å²) in [6, 6.07) is 16.5. The number of aromatic nitrogens is 1. The van der Waals surface area contributed by atoms with Gasteiger partial charge in [0.1, 0.15) is 11.1 Å². The zero-order valence-electron chi connectivity index (χ0n) is 11.3. The average Bonchev–Trinajstić information content (AvgIpc) is 2.52. The molecular formula is C17H9ClN2OS. The summed E-state index contributed by atoms with van der Waals surface area (Å²) in [6.45, 7) is 0. The van der Waals surface area contributed by atoms with Gasteiger partial charge in [0.25, 0.3) is 5.56 Å². The van der Waals surface area contributed by atoms with E-state index in [4.69, 9.17) is 11.6 Å². The van der Waals surface area contributed by atoms with Gasteiger partial charge in [0.15, 0.2) is 0 Å². The first-order chi connectivity index (χ1) is 10.7. The first-order valence-corrected chi connectivity index (χ1v) is 7.64. The van der Waals surface area contributed by atoms with Crippen LogP contribution in [0.25, 0.3) is 21.7 Å². The van der Waals surface area contributed by atoms with Gasteiger partial charge in [0, 0.05) is 9.72 Å². The molecule has 3 nitrogen and oxygen atoms in total. The molecule has 0 amide bonds. The lowest BCUT2D eigenvalue weighted by molar-refractivity contribution is 1.28. The van der Waals surface area contributed by atoms with E-state index in [1.54, 1.807) is 36.4 Å². The highest BCUT2D eigenvalue weighted by molar-refractivity contribution is 7.19. The molecule has 0 radical (unpaired) electrons. The molecule has 1 aromatic heterocycles. The number of rotatable bonds is 2. The van der Waals surface area contributed by atoms with Crippen molar-refractivity contribution in [2.45, 2.75) is 0 Å². The third-order valence-corrected chi connectivity index (χ3v) is 4.35. The molecule has 0 bridgehead atoms. The Morgan fingerprint density at radius 1 is 1.23 bits per heavy atom. The maximum absolute atomic E-state index is 12.1. The van der Waals surface area contributed by atoms with Gasteiger partial charge in [-0.3, -0.25) is 4.79 Å². The molecule has 0 saturated heterocycles. The van der Waals surface area contributed by atoms with Gasteiger partial charge in [-0.05, 0) is 35.9 Å². The molecule has 3 aromatic rings. The lowest BCUT2D eigenvalue weighted by Crippen LogP contribution is -2.07. The van der Waals surface area contributed by atoms with E-state index in [0.29, 0.717) is 21.0 Å². The van der Waals surface area contributed by atoms with Crippen LogP contribution < -0.4 is 5.56 Å². The fraction of sp³-hybridized carbons (Fsp3) is 0. The van der Waals surface area contributed by atoms with Crippen LogP contribution in [0.1, 0.15) is 10.6 Å². The van der Waals surface area contributed by atoms with Crippen LogP contribution in [0.15, 0.2) is 53.3 Å². The van der Waals surface area contributed by atoms with E-state index >= 15 is 0 Å². The van der Waals surface area contributed by atoms with Crippen LogP contribution in [0, 0.1) is 11.3 Å². The Labute approximate surface area is 135 Å². The third-order valence-electron chi connectivity index (χ3n) is 3.04. The van der Waals surface area contributed by atoms with E-state index in [0.717, 1.165) is 10.3 Å². The second-order valence-corrected chi connectivity index (χ2v) is 6.01. The molecule has 3 rings (SSSR count). The van der Waals surface area contributed by atoms with Crippen molar-refractivity contribution in [3.8, 4) is 6.07 Å². The number of hydrogen-bond donors (Lipinski definition) is 0. The Balaban J connectivity index is 2.16. The van der Waals surface area contributed by atoms with Crippen molar-refractivity contribution in [2.75, 3.05) is 0 Å². The predicted molar refractivity (Wildman–Crippen MR) is 90.8 cm³/mol. The number of benzene rings is 2. The fourth-order valence-electron chi connectivity index (χ4n) is 2.03. The largest absolute Gasteiger partial charge is 0.279 e. The van der Waals surface area contributed by atoms with Crippen molar-refractivity contribution in [2.24, 2.45) is 0 Å². The average molecular weight is 325 g/mol. The second-order valence-electron chi connectivity index (χ2n) is 4.55. The van der Waals surface area contributed by atoms with Gasteiger partial charge in [0.2, 0.25) is 0 Å². The number of nitrogens with zero attached hydrogens (tertiary/aromatic N) is 2. The summed E-state index contributed by atoms with van der Waals surface area (Å²) in [4.78, 5) is 16.1. The lowest BCUT2D eigenvalue weighted by atomic mass is 10.1. The van der Waals surface area contributed by atoms with Crippen LogP contribution in [0.3, 0.4) is 0 Å². The SMILES string of the molecule is N#C/C(=C\c1cccc(Cl)c1)c1nc(=O)c2ccccc2s1. The second kappa shape index (κ2) is 6.10. The van der Waals surface area contributed by atoms with Crippen molar-refractivity contribution in [1.82, 2.24) is 4.98 Å². The molecule has 0 spiro atoms. The van der Waals surface area contributed by atoms with Crippen molar-refractivity contribution in [1.29, 1.82) is 5.26 Å². The highest BCUT2D eigenvalue weighted by Crippen LogP contribution is 2.24.